The molecular formula is C19H28N2O3. The number of para-hydroxylation sites is 1. The predicted octanol–water partition coefficient (Wildman–Crippen LogP) is 2.42. The first-order chi connectivity index (χ1) is 11.4. The van der Waals surface area contributed by atoms with E-state index in [1.54, 1.807) is 0 Å². The molecule has 1 aromatic carbocycles. The van der Waals surface area contributed by atoms with E-state index in [1.807, 2.05) is 39.0 Å². The molecule has 0 bridgehead atoms. The van der Waals surface area contributed by atoms with E-state index in [1.165, 1.54) is 0 Å². The number of amides is 2. The number of aliphatic hydroxyl groups is 1. The molecule has 0 spiro atoms. The predicted molar refractivity (Wildman–Crippen MR) is 94.8 cm³/mol. The maximum Gasteiger partial charge on any atom is 0.313 e. The summed E-state index contributed by atoms with van der Waals surface area (Å²) < 4.78 is 0. The van der Waals surface area contributed by atoms with Gasteiger partial charge in [-0.2, -0.15) is 0 Å². The molecule has 1 fully saturated rings. The molecule has 24 heavy (non-hydrogen) atoms. The van der Waals surface area contributed by atoms with Gasteiger partial charge in [-0.05, 0) is 36.8 Å². The molecule has 0 heterocycles. The molecule has 1 aliphatic rings. The topological polar surface area (TPSA) is 78.4 Å². The minimum absolute atomic E-state index is 0.0121. The van der Waals surface area contributed by atoms with E-state index >= 15 is 0 Å². The lowest BCUT2D eigenvalue weighted by Crippen LogP contribution is -2.48. The molecule has 0 aliphatic heterocycles. The normalized spacial score (nSPS) is 23.1. The minimum atomic E-state index is -0.641. The van der Waals surface area contributed by atoms with Gasteiger partial charge in [-0.15, -0.1) is 0 Å². The molecule has 2 amide bonds. The molecule has 3 N–H and O–H groups in total. The molecule has 132 valence electrons. The second kappa shape index (κ2) is 7.79. The highest BCUT2D eigenvalue weighted by molar-refractivity contribution is 6.39. The van der Waals surface area contributed by atoms with Crippen molar-refractivity contribution in [2.24, 2.45) is 5.41 Å². The van der Waals surface area contributed by atoms with Crippen LogP contribution in [0.2, 0.25) is 0 Å². The summed E-state index contributed by atoms with van der Waals surface area (Å²) in [5.41, 5.74) is 2.46. The quantitative estimate of drug-likeness (QED) is 0.725. The third-order valence-electron chi connectivity index (χ3n) is 5.19. The highest BCUT2D eigenvalue weighted by Crippen LogP contribution is 2.37. The van der Waals surface area contributed by atoms with Gasteiger partial charge in [0, 0.05) is 17.1 Å². The number of carbonyl (C=O) groups is 2. The fraction of sp³-hybridized carbons (Fsp3) is 0.579. The number of hydrogen-bond donors (Lipinski definition) is 3. The van der Waals surface area contributed by atoms with Gasteiger partial charge in [0.15, 0.2) is 0 Å². The van der Waals surface area contributed by atoms with Gasteiger partial charge < -0.3 is 15.7 Å². The van der Waals surface area contributed by atoms with Crippen molar-refractivity contribution in [3.63, 3.8) is 0 Å². The second-order valence-corrected chi connectivity index (χ2v) is 6.84. The Morgan fingerprint density at radius 3 is 2.38 bits per heavy atom. The first kappa shape index (κ1) is 18.5. The summed E-state index contributed by atoms with van der Waals surface area (Å²) in [6.07, 6.45) is 4.17. The van der Waals surface area contributed by atoms with Gasteiger partial charge >= 0.3 is 11.8 Å². The van der Waals surface area contributed by atoms with Crippen molar-refractivity contribution in [2.75, 3.05) is 11.9 Å². The summed E-state index contributed by atoms with van der Waals surface area (Å²) in [4.78, 5) is 24.7. The Bertz CT molecular complexity index is 592. The van der Waals surface area contributed by atoms with Crippen LogP contribution < -0.4 is 10.6 Å². The van der Waals surface area contributed by atoms with Gasteiger partial charge in [0.2, 0.25) is 0 Å². The van der Waals surface area contributed by atoms with Crippen molar-refractivity contribution in [3.8, 4) is 0 Å². The Morgan fingerprint density at radius 1 is 1.21 bits per heavy atom. The van der Waals surface area contributed by atoms with E-state index in [9.17, 15) is 14.7 Å². The van der Waals surface area contributed by atoms with Crippen molar-refractivity contribution in [1.82, 2.24) is 5.32 Å². The average molecular weight is 332 g/mol. The molecule has 2 unspecified atom stereocenters. The number of carbonyl (C=O) groups excluding carboxylic acids is 2. The number of anilines is 1. The summed E-state index contributed by atoms with van der Waals surface area (Å²) >= 11 is 0. The van der Waals surface area contributed by atoms with Crippen LogP contribution in [0.1, 0.15) is 51.2 Å². The van der Waals surface area contributed by atoms with Gasteiger partial charge in [-0.1, -0.05) is 45.4 Å². The van der Waals surface area contributed by atoms with Gasteiger partial charge in [0.25, 0.3) is 0 Å². The van der Waals surface area contributed by atoms with Crippen LogP contribution >= 0.6 is 0 Å². The largest absolute Gasteiger partial charge is 0.396 e. The number of rotatable bonds is 5. The number of aliphatic hydroxyl groups excluding tert-OH is 1. The Labute approximate surface area is 143 Å². The summed E-state index contributed by atoms with van der Waals surface area (Å²) in [6, 6.07) is 5.74. The highest BCUT2D eigenvalue weighted by Gasteiger charge is 2.39. The van der Waals surface area contributed by atoms with E-state index in [0.717, 1.165) is 48.9 Å². The Morgan fingerprint density at radius 2 is 1.83 bits per heavy atom. The molecule has 2 atom stereocenters. The van der Waals surface area contributed by atoms with Crippen LogP contribution in [0.5, 0.6) is 0 Å². The van der Waals surface area contributed by atoms with E-state index in [2.05, 4.69) is 10.6 Å². The molecule has 2 rings (SSSR count). The van der Waals surface area contributed by atoms with E-state index in [0.29, 0.717) is 0 Å². The van der Waals surface area contributed by atoms with Crippen molar-refractivity contribution < 1.29 is 14.7 Å². The maximum atomic E-state index is 12.4. The van der Waals surface area contributed by atoms with E-state index in [-0.39, 0.29) is 18.1 Å². The highest BCUT2D eigenvalue weighted by atomic mass is 16.3. The Kier molecular flexibility index (Phi) is 5.99. The van der Waals surface area contributed by atoms with Gasteiger partial charge in [0.05, 0.1) is 6.61 Å². The standard InChI is InChI=1S/C19H28N2O3/c1-4-13-8-6-9-14(5-2)16(13)21-18(24)17(23)20-15-10-7-11-19(15,3)12-22/h6,8-9,15,22H,4-5,7,10-12H2,1-3H3,(H,20,23)(H,21,24). The molecule has 1 aromatic rings. The lowest BCUT2D eigenvalue weighted by molar-refractivity contribution is -0.137. The summed E-state index contributed by atoms with van der Waals surface area (Å²) in [7, 11) is 0. The molecule has 0 radical (unpaired) electrons. The van der Waals surface area contributed by atoms with Crippen molar-refractivity contribution in [1.29, 1.82) is 0 Å². The zero-order valence-electron chi connectivity index (χ0n) is 14.8. The summed E-state index contributed by atoms with van der Waals surface area (Å²) in [5, 5.41) is 15.2. The third kappa shape index (κ3) is 3.78. The first-order valence-electron chi connectivity index (χ1n) is 8.78. The molecule has 5 heteroatoms. The lowest BCUT2D eigenvalue weighted by atomic mass is 9.86. The molecular weight excluding hydrogens is 304 g/mol. The Balaban J connectivity index is 2.09. The second-order valence-electron chi connectivity index (χ2n) is 6.84. The number of hydrogen-bond acceptors (Lipinski definition) is 3. The summed E-state index contributed by atoms with van der Waals surface area (Å²) in [6.45, 7) is 6.01. The smallest absolute Gasteiger partial charge is 0.313 e. The third-order valence-corrected chi connectivity index (χ3v) is 5.19. The van der Waals surface area contributed by atoms with E-state index in [4.69, 9.17) is 0 Å². The molecule has 1 aliphatic carbocycles. The van der Waals surface area contributed by atoms with Crippen LogP contribution in [0.3, 0.4) is 0 Å². The van der Waals surface area contributed by atoms with Crippen LogP contribution in [0.15, 0.2) is 18.2 Å². The maximum absolute atomic E-state index is 12.4. The molecule has 1 saturated carbocycles. The fourth-order valence-electron chi connectivity index (χ4n) is 3.47. The summed E-state index contributed by atoms with van der Waals surface area (Å²) in [5.74, 6) is -1.27. The van der Waals surface area contributed by atoms with E-state index < -0.39 is 11.8 Å². The van der Waals surface area contributed by atoms with Crippen molar-refractivity contribution >= 4 is 17.5 Å². The minimum Gasteiger partial charge on any atom is -0.396 e. The van der Waals surface area contributed by atoms with Gasteiger partial charge in [-0.25, -0.2) is 0 Å². The van der Waals surface area contributed by atoms with Gasteiger partial charge in [0.1, 0.15) is 0 Å². The zero-order chi connectivity index (χ0) is 17.7. The van der Waals surface area contributed by atoms with Crippen molar-refractivity contribution in [2.45, 2.75) is 58.9 Å². The molecule has 0 aromatic heterocycles. The van der Waals surface area contributed by atoms with Gasteiger partial charge in [-0.3, -0.25) is 9.59 Å². The lowest BCUT2D eigenvalue weighted by Gasteiger charge is -2.29. The first-order valence-corrected chi connectivity index (χ1v) is 8.78. The monoisotopic (exact) mass is 332 g/mol. The zero-order valence-corrected chi connectivity index (χ0v) is 14.8. The number of nitrogens with one attached hydrogen (secondary N) is 2. The Hall–Kier alpha value is -1.88. The van der Waals surface area contributed by atoms with Crippen LogP contribution in [-0.2, 0) is 22.4 Å². The number of benzene rings is 1. The van der Waals surface area contributed by atoms with Crippen molar-refractivity contribution in [3.05, 3.63) is 29.3 Å². The molecule has 5 nitrogen and oxygen atoms in total. The average Bonchev–Trinajstić information content (AvgIpc) is 2.96. The van der Waals surface area contributed by atoms with Crippen LogP contribution in [0.4, 0.5) is 5.69 Å². The van der Waals surface area contributed by atoms with Crippen LogP contribution in [-0.4, -0.2) is 29.6 Å². The van der Waals surface area contributed by atoms with Crippen LogP contribution in [0, 0.1) is 5.41 Å². The number of aryl methyl sites for hydroxylation is 2. The SMILES string of the molecule is CCc1cccc(CC)c1NC(=O)C(=O)NC1CCCC1(C)CO. The molecule has 0 saturated heterocycles. The fourth-order valence-corrected chi connectivity index (χ4v) is 3.47. The van der Waals surface area contributed by atoms with Crippen LogP contribution in [0.25, 0.3) is 0 Å².